The van der Waals surface area contributed by atoms with E-state index in [1.54, 1.807) is 11.8 Å². The largest absolute Gasteiger partial charge is 0.391 e. The summed E-state index contributed by atoms with van der Waals surface area (Å²) in [6.45, 7) is 5.46. The van der Waals surface area contributed by atoms with Gasteiger partial charge in [0.1, 0.15) is 13.1 Å². The maximum absolute atomic E-state index is 9.00. The summed E-state index contributed by atoms with van der Waals surface area (Å²) in [5.74, 6) is 0. The summed E-state index contributed by atoms with van der Waals surface area (Å²) in [5, 5.41) is 9.00. The second-order valence-electron chi connectivity index (χ2n) is 4.00. The Morgan fingerprint density at radius 2 is 1.88 bits per heavy atom. The number of nitrogens with one attached hydrogen (secondary N) is 1. The number of benzene rings is 1. The second kappa shape index (κ2) is 7.71. The van der Waals surface area contributed by atoms with Gasteiger partial charge in [-0.1, -0.05) is 19.1 Å². The highest BCUT2D eigenvalue weighted by Crippen LogP contribution is 2.14. The zero-order chi connectivity index (χ0) is 11.8. The Morgan fingerprint density at radius 1 is 1.19 bits per heavy atom. The first-order valence-electron chi connectivity index (χ1n) is 5.87. The highest BCUT2D eigenvalue weighted by atomic mass is 32.2. The van der Waals surface area contributed by atoms with E-state index in [0.29, 0.717) is 0 Å². The van der Waals surface area contributed by atoms with E-state index in [2.05, 4.69) is 37.4 Å². The summed E-state index contributed by atoms with van der Waals surface area (Å²) >= 11 is 1.77. The van der Waals surface area contributed by atoms with Gasteiger partial charge >= 0.3 is 0 Å². The summed E-state index contributed by atoms with van der Waals surface area (Å²) < 4.78 is 0. The van der Waals surface area contributed by atoms with Crippen molar-refractivity contribution in [2.75, 3.05) is 26.0 Å². The van der Waals surface area contributed by atoms with E-state index >= 15 is 0 Å². The molecule has 1 rings (SSSR count). The molecule has 0 amide bonds. The minimum atomic E-state index is 0.276. The van der Waals surface area contributed by atoms with Crippen LogP contribution >= 0.6 is 11.8 Å². The van der Waals surface area contributed by atoms with Gasteiger partial charge in [-0.05, 0) is 24.8 Å². The highest BCUT2D eigenvalue weighted by molar-refractivity contribution is 7.98. The number of aliphatic hydroxyl groups excluding tert-OH is 1. The zero-order valence-corrected chi connectivity index (χ0v) is 11.0. The van der Waals surface area contributed by atoms with Crippen LogP contribution in [0.15, 0.2) is 29.2 Å². The molecule has 0 bridgehead atoms. The average molecular weight is 240 g/mol. The standard InChI is InChI=1S/C13H21NOS/c1-3-8-14(9-10-15)11-12-4-6-13(16-2)7-5-12/h4-7,15H,3,8-11H2,1-2H3/p+1. The van der Waals surface area contributed by atoms with E-state index in [9.17, 15) is 0 Å². The van der Waals surface area contributed by atoms with Gasteiger partial charge in [-0.15, -0.1) is 11.8 Å². The molecule has 1 atom stereocenters. The van der Waals surface area contributed by atoms with Crippen LogP contribution in [0.2, 0.25) is 0 Å². The molecule has 0 heterocycles. The number of hydrogen-bond donors (Lipinski definition) is 2. The molecule has 0 saturated carbocycles. The molecule has 0 fully saturated rings. The molecule has 0 aliphatic heterocycles. The summed E-state index contributed by atoms with van der Waals surface area (Å²) in [4.78, 5) is 2.77. The van der Waals surface area contributed by atoms with Gasteiger partial charge in [0.05, 0.1) is 13.2 Å². The summed E-state index contributed by atoms with van der Waals surface area (Å²) in [5.41, 5.74) is 1.36. The predicted molar refractivity (Wildman–Crippen MR) is 70.0 cm³/mol. The number of hydrogen-bond acceptors (Lipinski definition) is 2. The third-order valence-corrected chi connectivity index (χ3v) is 3.43. The van der Waals surface area contributed by atoms with Crippen molar-refractivity contribution in [2.24, 2.45) is 0 Å². The summed E-state index contributed by atoms with van der Waals surface area (Å²) in [6, 6.07) is 8.72. The van der Waals surface area contributed by atoms with Crippen molar-refractivity contribution >= 4 is 11.8 Å². The van der Waals surface area contributed by atoms with Crippen LogP contribution in [0.1, 0.15) is 18.9 Å². The molecule has 90 valence electrons. The quantitative estimate of drug-likeness (QED) is 0.700. The van der Waals surface area contributed by atoms with Crippen LogP contribution in [0, 0.1) is 0 Å². The summed E-state index contributed by atoms with van der Waals surface area (Å²) in [6.07, 6.45) is 3.26. The Labute approximate surface area is 103 Å². The van der Waals surface area contributed by atoms with Crippen LogP contribution < -0.4 is 4.90 Å². The van der Waals surface area contributed by atoms with Crippen LogP contribution in [-0.2, 0) is 6.54 Å². The topological polar surface area (TPSA) is 24.7 Å². The van der Waals surface area contributed by atoms with E-state index in [4.69, 9.17) is 5.11 Å². The molecule has 1 aromatic rings. The van der Waals surface area contributed by atoms with Crippen LogP contribution in [0.25, 0.3) is 0 Å². The van der Waals surface area contributed by atoms with Gasteiger partial charge < -0.3 is 10.0 Å². The Hall–Kier alpha value is -0.510. The van der Waals surface area contributed by atoms with Crippen LogP contribution in [0.3, 0.4) is 0 Å². The fraction of sp³-hybridized carbons (Fsp3) is 0.538. The average Bonchev–Trinajstić information content (AvgIpc) is 2.31. The lowest BCUT2D eigenvalue weighted by molar-refractivity contribution is -0.914. The van der Waals surface area contributed by atoms with E-state index in [-0.39, 0.29) is 6.61 Å². The van der Waals surface area contributed by atoms with Gasteiger partial charge in [0.2, 0.25) is 0 Å². The minimum absolute atomic E-state index is 0.276. The lowest BCUT2D eigenvalue weighted by Gasteiger charge is -2.17. The molecule has 2 nitrogen and oxygen atoms in total. The van der Waals surface area contributed by atoms with Gasteiger partial charge in [0, 0.05) is 10.5 Å². The molecule has 2 N–H and O–H groups in total. The zero-order valence-electron chi connectivity index (χ0n) is 10.2. The maximum Gasteiger partial charge on any atom is 0.103 e. The second-order valence-corrected chi connectivity index (χ2v) is 4.88. The monoisotopic (exact) mass is 240 g/mol. The van der Waals surface area contributed by atoms with Crippen molar-refractivity contribution < 1.29 is 10.0 Å². The molecule has 3 heteroatoms. The molecule has 0 saturated heterocycles. The molecular weight excluding hydrogens is 218 g/mol. The Kier molecular flexibility index (Phi) is 6.53. The van der Waals surface area contributed by atoms with Gasteiger partial charge in [-0.3, -0.25) is 0 Å². The Morgan fingerprint density at radius 3 is 2.38 bits per heavy atom. The third kappa shape index (κ3) is 4.56. The van der Waals surface area contributed by atoms with Gasteiger partial charge in [-0.25, -0.2) is 0 Å². The molecule has 16 heavy (non-hydrogen) atoms. The SMILES string of the molecule is CCC[NH+](CCO)Cc1ccc(SC)cc1. The Balaban J connectivity index is 2.54. The van der Waals surface area contributed by atoms with Crippen molar-refractivity contribution in [3.8, 4) is 0 Å². The van der Waals surface area contributed by atoms with Gasteiger partial charge in [0.15, 0.2) is 0 Å². The van der Waals surface area contributed by atoms with E-state index < -0.39 is 0 Å². The molecular formula is C13H22NOS+. The van der Waals surface area contributed by atoms with E-state index in [0.717, 1.165) is 26.1 Å². The number of aliphatic hydroxyl groups is 1. The maximum atomic E-state index is 9.00. The summed E-state index contributed by atoms with van der Waals surface area (Å²) in [7, 11) is 0. The number of thioether (sulfide) groups is 1. The normalized spacial score (nSPS) is 12.7. The van der Waals surface area contributed by atoms with Crippen molar-refractivity contribution in [3.05, 3.63) is 29.8 Å². The number of quaternary nitrogens is 1. The van der Waals surface area contributed by atoms with Crippen LogP contribution in [0.5, 0.6) is 0 Å². The molecule has 1 unspecified atom stereocenters. The van der Waals surface area contributed by atoms with Crippen molar-refractivity contribution in [3.63, 3.8) is 0 Å². The molecule has 0 aliphatic carbocycles. The van der Waals surface area contributed by atoms with Crippen molar-refractivity contribution in [1.29, 1.82) is 0 Å². The van der Waals surface area contributed by atoms with Gasteiger partial charge in [0.25, 0.3) is 0 Å². The smallest absolute Gasteiger partial charge is 0.103 e. The van der Waals surface area contributed by atoms with E-state index in [1.165, 1.54) is 15.4 Å². The van der Waals surface area contributed by atoms with E-state index in [1.807, 2.05) is 0 Å². The predicted octanol–water partition coefficient (Wildman–Crippen LogP) is 1.20. The van der Waals surface area contributed by atoms with Crippen LogP contribution in [-0.4, -0.2) is 31.1 Å². The Bertz CT molecular complexity index is 280. The molecule has 0 aromatic heterocycles. The first-order valence-corrected chi connectivity index (χ1v) is 7.10. The third-order valence-electron chi connectivity index (χ3n) is 2.68. The molecule has 1 aromatic carbocycles. The lowest BCUT2D eigenvalue weighted by Crippen LogP contribution is -3.11. The highest BCUT2D eigenvalue weighted by Gasteiger charge is 2.07. The van der Waals surface area contributed by atoms with Crippen molar-refractivity contribution in [1.82, 2.24) is 0 Å². The molecule has 0 spiro atoms. The minimum Gasteiger partial charge on any atom is -0.391 e. The van der Waals surface area contributed by atoms with Gasteiger partial charge in [-0.2, -0.15) is 0 Å². The molecule has 0 radical (unpaired) electrons. The van der Waals surface area contributed by atoms with Crippen molar-refractivity contribution in [2.45, 2.75) is 24.8 Å². The first-order chi connectivity index (χ1) is 7.80. The number of rotatable bonds is 7. The fourth-order valence-corrected chi connectivity index (χ4v) is 2.25. The fourth-order valence-electron chi connectivity index (χ4n) is 1.85. The first kappa shape index (κ1) is 13.6. The van der Waals surface area contributed by atoms with Crippen LogP contribution in [0.4, 0.5) is 0 Å². The lowest BCUT2D eigenvalue weighted by atomic mass is 10.2. The molecule has 0 aliphatic rings.